The molecule has 2 N–H and O–H groups in total. The van der Waals surface area contributed by atoms with E-state index in [0.29, 0.717) is 5.15 Å². The molecular weight excluding hydrogens is 262 g/mol. The Morgan fingerprint density at radius 2 is 2.11 bits per heavy atom. The van der Waals surface area contributed by atoms with Crippen molar-refractivity contribution in [1.82, 2.24) is 19.9 Å². The third kappa shape index (κ3) is 3.92. The highest BCUT2D eigenvalue weighted by atomic mass is 35.5. The lowest BCUT2D eigenvalue weighted by Gasteiger charge is -2.17. The van der Waals surface area contributed by atoms with Crippen molar-refractivity contribution in [2.24, 2.45) is 0 Å². The molecule has 2 aromatic rings. The van der Waals surface area contributed by atoms with Gasteiger partial charge in [0.25, 0.3) is 0 Å². The van der Waals surface area contributed by atoms with Crippen molar-refractivity contribution in [2.75, 3.05) is 11.9 Å². The molecule has 0 bridgehead atoms. The van der Waals surface area contributed by atoms with Gasteiger partial charge in [-0.25, -0.2) is 15.0 Å². The number of nitrogens with zero attached hydrogens (tertiary/aromatic N) is 3. The zero-order valence-electron chi connectivity index (χ0n) is 11.4. The van der Waals surface area contributed by atoms with Gasteiger partial charge in [-0.15, -0.1) is 0 Å². The second-order valence-electron chi connectivity index (χ2n) is 5.40. The second-order valence-corrected chi connectivity index (χ2v) is 5.79. The number of aromatic nitrogens is 4. The fraction of sp³-hybridized carbons (Fsp3) is 0.462. The van der Waals surface area contributed by atoms with Crippen LogP contribution in [0.5, 0.6) is 0 Å². The molecule has 0 fully saturated rings. The van der Waals surface area contributed by atoms with E-state index in [4.69, 9.17) is 11.6 Å². The average molecular weight is 280 g/mol. The lowest BCUT2D eigenvalue weighted by atomic mass is 9.96. The maximum atomic E-state index is 6.03. The molecule has 0 amide bonds. The van der Waals surface area contributed by atoms with Crippen LogP contribution in [-0.4, -0.2) is 26.5 Å². The second kappa shape index (κ2) is 5.57. The van der Waals surface area contributed by atoms with Gasteiger partial charge in [-0.1, -0.05) is 32.4 Å². The van der Waals surface area contributed by atoms with Crippen LogP contribution in [0.4, 0.5) is 5.82 Å². The van der Waals surface area contributed by atoms with Gasteiger partial charge >= 0.3 is 0 Å². The number of H-pyrrole nitrogens is 1. The first-order valence-electron chi connectivity index (χ1n) is 6.21. The minimum absolute atomic E-state index is 0.120. The van der Waals surface area contributed by atoms with Gasteiger partial charge in [-0.2, -0.15) is 0 Å². The van der Waals surface area contributed by atoms with Crippen LogP contribution in [0.2, 0.25) is 5.15 Å². The number of imidazole rings is 1. The summed E-state index contributed by atoms with van der Waals surface area (Å²) in [6.45, 7) is 6.95. The smallest absolute Gasteiger partial charge is 0.137 e. The molecule has 2 heterocycles. The van der Waals surface area contributed by atoms with E-state index in [1.165, 1.54) is 0 Å². The number of aromatic amines is 1. The molecule has 5 nitrogen and oxygen atoms in total. The molecule has 2 aromatic heterocycles. The van der Waals surface area contributed by atoms with E-state index in [2.05, 4.69) is 46.0 Å². The third-order valence-electron chi connectivity index (χ3n) is 2.62. The molecule has 0 aliphatic rings. The van der Waals surface area contributed by atoms with Crippen molar-refractivity contribution in [3.8, 4) is 0 Å². The zero-order valence-corrected chi connectivity index (χ0v) is 12.1. The van der Waals surface area contributed by atoms with E-state index in [9.17, 15) is 0 Å². The van der Waals surface area contributed by atoms with Gasteiger partial charge in [0, 0.05) is 36.3 Å². The lowest BCUT2D eigenvalue weighted by molar-refractivity contribution is 0.546. The molecule has 2 rings (SSSR count). The molecule has 0 aromatic carbocycles. The number of anilines is 1. The molecule has 0 spiro atoms. The van der Waals surface area contributed by atoms with Crippen LogP contribution in [-0.2, 0) is 11.8 Å². The van der Waals surface area contributed by atoms with Crippen molar-refractivity contribution in [1.29, 1.82) is 0 Å². The first kappa shape index (κ1) is 13.8. The molecule has 6 heteroatoms. The normalized spacial score (nSPS) is 11.6. The summed E-state index contributed by atoms with van der Waals surface area (Å²) in [6.07, 6.45) is 4.34. The van der Waals surface area contributed by atoms with Gasteiger partial charge in [0.05, 0.1) is 6.33 Å². The van der Waals surface area contributed by atoms with Crippen molar-refractivity contribution in [2.45, 2.75) is 32.6 Å². The molecular formula is C13H18ClN5. The highest BCUT2D eigenvalue weighted by Crippen LogP contribution is 2.22. The van der Waals surface area contributed by atoms with Crippen LogP contribution < -0.4 is 5.32 Å². The minimum Gasteiger partial charge on any atom is -0.370 e. The van der Waals surface area contributed by atoms with Gasteiger partial charge in [0.2, 0.25) is 0 Å². The van der Waals surface area contributed by atoms with Crippen LogP contribution in [0.25, 0.3) is 0 Å². The largest absolute Gasteiger partial charge is 0.370 e. The van der Waals surface area contributed by atoms with E-state index in [1.807, 2.05) is 6.20 Å². The first-order chi connectivity index (χ1) is 8.95. The Kier molecular flexibility index (Phi) is 4.04. The molecule has 0 radical (unpaired) electrons. The molecule has 0 aliphatic heterocycles. The Hall–Kier alpha value is -1.62. The van der Waals surface area contributed by atoms with Gasteiger partial charge in [0.1, 0.15) is 16.8 Å². The van der Waals surface area contributed by atoms with Gasteiger partial charge in [0.15, 0.2) is 0 Å². The van der Waals surface area contributed by atoms with Crippen LogP contribution in [0, 0.1) is 0 Å². The molecule has 0 atom stereocenters. The summed E-state index contributed by atoms with van der Waals surface area (Å²) in [5, 5.41) is 3.71. The summed E-state index contributed by atoms with van der Waals surface area (Å²) >= 11 is 6.03. The highest BCUT2D eigenvalue weighted by Gasteiger charge is 2.18. The molecule has 0 aliphatic carbocycles. The van der Waals surface area contributed by atoms with Crippen LogP contribution >= 0.6 is 11.6 Å². The van der Waals surface area contributed by atoms with Crippen molar-refractivity contribution in [3.63, 3.8) is 0 Å². The Bertz CT molecular complexity index is 530. The van der Waals surface area contributed by atoms with Crippen molar-refractivity contribution >= 4 is 17.4 Å². The van der Waals surface area contributed by atoms with E-state index >= 15 is 0 Å². The average Bonchev–Trinajstić information content (AvgIpc) is 2.80. The molecule has 0 saturated heterocycles. The summed E-state index contributed by atoms with van der Waals surface area (Å²) in [6, 6.07) is 1.74. The summed E-state index contributed by atoms with van der Waals surface area (Å²) in [5.74, 6) is 1.49. The number of rotatable bonds is 4. The molecule has 0 saturated carbocycles. The number of halogens is 1. The monoisotopic (exact) mass is 279 g/mol. The zero-order chi connectivity index (χ0) is 13.9. The summed E-state index contributed by atoms with van der Waals surface area (Å²) in [7, 11) is 0. The molecule has 102 valence electrons. The van der Waals surface area contributed by atoms with Crippen LogP contribution in [0.1, 0.15) is 32.3 Å². The van der Waals surface area contributed by atoms with Crippen LogP contribution in [0.15, 0.2) is 18.6 Å². The van der Waals surface area contributed by atoms with Gasteiger partial charge in [-0.3, -0.25) is 0 Å². The van der Waals surface area contributed by atoms with Gasteiger partial charge in [-0.05, 0) is 0 Å². The van der Waals surface area contributed by atoms with E-state index < -0.39 is 0 Å². The SMILES string of the molecule is CC(C)(C)c1nc(Cl)cc(NCCc2cnc[nH]2)n1. The van der Waals surface area contributed by atoms with Gasteiger partial charge < -0.3 is 10.3 Å². The topological polar surface area (TPSA) is 66.5 Å². The van der Waals surface area contributed by atoms with Crippen molar-refractivity contribution < 1.29 is 0 Å². The number of nitrogens with one attached hydrogen (secondary N) is 2. The maximum absolute atomic E-state index is 6.03. The maximum Gasteiger partial charge on any atom is 0.137 e. The molecule has 0 unspecified atom stereocenters. The third-order valence-corrected chi connectivity index (χ3v) is 2.81. The predicted octanol–water partition coefficient (Wildman–Crippen LogP) is 2.81. The quantitative estimate of drug-likeness (QED) is 0.845. The fourth-order valence-corrected chi connectivity index (χ4v) is 1.77. The van der Waals surface area contributed by atoms with E-state index in [1.54, 1.807) is 12.4 Å². The first-order valence-corrected chi connectivity index (χ1v) is 6.59. The Balaban J connectivity index is 2.02. The van der Waals surface area contributed by atoms with Crippen LogP contribution in [0.3, 0.4) is 0 Å². The minimum atomic E-state index is -0.120. The highest BCUT2D eigenvalue weighted by molar-refractivity contribution is 6.29. The van der Waals surface area contributed by atoms with E-state index in [0.717, 1.165) is 30.3 Å². The summed E-state index contributed by atoms with van der Waals surface area (Å²) < 4.78 is 0. The summed E-state index contributed by atoms with van der Waals surface area (Å²) in [5.41, 5.74) is 0.966. The standard InChI is InChI=1S/C13H18ClN5/c1-13(2,3)12-18-10(14)6-11(19-12)16-5-4-9-7-15-8-17-9/h6-8H,4-5H2,1-3H3,(H,15,17)(H,16,18,19). The Labute approximate surface area is 117 Å². The number of hydrogen-bond donors (Lipinski definition) is 2. The van der Waals surface area contributed by atoms with Crippen molar-refractivity contribution in [3.05, 3.63) is 35.3 Å². The fourth-order valence-electron chi connectivity index (χ4n) is 1.59. The predicted molar refractivity (Wildman–Crippen MR) is 76.5 cm³/mol. The lowest BCUT2D eigenvalue weighted by Crippen LogP contribution is -2.17. The molecule has 19 heavy (non-hydrogen) atoms. The Morgan fingerprint density at radius 3 is 2.74 bits per heavy atom. The number of hydrogen-bond acceptors (Lipinski definition) is 4. The summed E-state index contributed by atoms with van der Waals surface area (Å²) in [4.78, 5) is 15.8. The van der Waals surface area contributed by atoms with E-state index in [-0.39, 0.29) is 5.41 Å². The Morgan fingerprint density at radius 1 is 1.32 bits per heavy atom.